The Kier molecular flexibility index (Phi) is 5.12. The van der Waals surface area contributed by atoms with Gasteiger partial charge in [0.2, 0.25) is 6.33 Å². The van der Waals surface area contributed by atoms with Gasteiger partial charge < -0.3 is 12.4 Å². The third-order valence-corrected chi connectivity index (χ3v) is 3.43. The summed E-state index contributed by atoms with van der Waals surface area (Å²) in [7, 11) is 0. The van der Waals surface area contributed by atoms with Crippen LogP contribution in [0.25, 0.3) is 0 Å². The van der Waals surface area contributed by atoms with Crippen molar-refractivity contribution < 1.29 is 17.0 Å². The molecule has 1 aromatic heterocycles. The first-order valence-electron chi connectivity index (χ1n) is 6.81. The second kappa shape index (κ2) is 7.04. The van der Waals surface area contributed by atoms with Crippen molar-refractivity contribution in [2.24, 2.45) is 0 Å². The van der Waals surface area contributed by atoms with E-state index in [1.807, 2.05) is 17.1 Å². The number of nitrogens with zero attached hydrogens (tertiary/aromatic N) is 3. The quantitative estimate of drug-likeness (QED) is 0.600. The van der Waals surface area contributed by atoms with Crippen molar-refractivity contribution in [2.45, 2.75) is 20.0 Å². The fourth-order valence-electron chi connectivity index (χ4n) is 2.28. The van der Waals surface area contributed by atoms with Crippen LogP contribution in [0.15, 0.2) is 67.3 Å². The average Bonchev–Trinajstić information content (AvgIpc) is 2.90. The van der Waals surface area contributed by atoms with E-state index in [-0.39, 0.29) is 12.4 Å². The zero-order valence-corrected chi connectivity index (χ0v) is 12.7. The van der Waals surface area contributed by atoms with E-state index in [0.29, 0.717) is 0 Å². The predicted octanol–water partition coefficient (Wildman–Crippen LogP) is -0.420. The van der Waals surface area contributed by atoms with Gasteiger partial charge in [-0.25, -0.2) is 4.57 Å². The standard InChI is InChI=1S/C17H18N3.ClH/c1-15-7-5-6-10-17(15)12-19-13-18-20(14-19)11-16-8-3-2-4-9-16;/h2-10,13-14H,11-12H2,1H3;1H/q+1;/p-1. The topological polar surface area (TPSA) is 21.7 Å². The van der Waals surface area contributed by atoms with E-state index in [2.05, 4.69) is 71.4 Å². The van der Waals surface area contributed by atoms with Crippen LogP contribution in [0, 0.1) is 6.92 Å². The minimum atomic E-state index is 0. The molecular weight excluding hydrogens is 282 g/mol. The number of aromatic nitrogens is 3. The van der Waals surface area contributed by atoms with E-state index in [1.54, 1.807) is 0 Å². The third kappa shape index (κ3) is 3.92. The maximum absolute atomic E-state index is 4.42. The Balaban J connectivity index is 0.00000161. The maximum atomic E-state index is 4.42. The first-order chi connectivity index (χ1) is 9.81. The van der Waals surface area contributed by atoms with E-state index < -0.39 is 0 Å². The van der Waals surface area contributed by atoms with Crippen molar-refractivity contribution >= 4 is 0 Å². The van der Waals surface area contributed by atoms with E-state index in [1.165, 1.54) is 16.7 Å². The van der Waals surface area contributed by atoms with Crippen molar-refractivity contribution in [3.05, 3.63) is 83.9 Å². The van der Waals surface area contributed by atoms with Crippen LogP contribution in [0.5, 0.6) is 0 Å². The number of rotatable bonds is 4. The van der Waals surface area contributed by atoms with E-state index >= 15 is 0 Å². The average molecular weight is 300 g/mol. The van der Waals surface area contributed by atoms with Gasteiger partial charge in [-0.15, -0.1) is 4.68 Å². The molecule has 3 rings (SSSR count). The predicted molar refractivity (Wildman–Crippen MR) is 78.2 cm³/mol. The van der Waals surface area contributed by atoms with Crippen LogP contribution in [0.3, 0.4) is 0 Å². The highest BCUT2D eigenvalue weighted by molar-refractivity contribution is 5.24. The maximum Gasteiger partial charge on any atom is 0.265 e. The lowest BCUT2D eigenvalue weighted by Gasteiger charge is -2.02. The second-order valence-corrected chi connectivity index (χ2v) is 5.03. The van der Waals surface area contributed by atoms with Crippen molar-refractivity contribution in [3.8, 4) is 0 Å². The third-order valence-electron chi connectivity index (χ3n) is 3.43. The van der Waals surface area contributed by atoms with Crippen molar-refractivity contribution in [1.29, 1.82) is 0 Å². The molecule has 0 saturated carbocycles. The fourth-order valence-corrected chi connectivity index (χ4v) is 2.28. The van der Waals surface area contributed by atoms with Crippen molar-refractivity contribution in [2.75, 3.05) is 0 Å². The fraction of sp³-hybridized carbons (Fsp3) is 0.176. The molecule has 1 heterocycles. The number of aryl methyl sites for hydroxylation is 1. The summed E-state index contributed by atoms with van der Waals surface area (Å²) in [5.74, 6) is 0. The molecule has 0 aliphatic carbocycles. The largest absolute Gasteiger partial charge is 1.00 e. The monoisotopic (exact) mass is 299 g/mol. The Bertz CT molecular complexity index is 692. The lowest BCUT2D eigenvalue weighted by atomic mass is 10.1. The molecule has 0 bridgehead atoms. The molecule has 0 N–H and O–H groups in total. The highest BCUT2D eigenvalue weighted by Crippen LogP contribution is 2.06. The zero-order valence-electron chi connectivity index (χ0n) is 12.0. The number of hydrogen-bond donors (Lipinski definition) is 0. The van der Waals surface area contributed by atoms with Gasteiger partial charge in [0.1, 0.15) is 6.54 Å². The molecule has 0 radical (unpaired) electrons. The van der Waals surface area contributed by atoms with Gasteiger partial charge in [-0.05, 0) is 23.6 Å². The normalized spacial score (nSPS) is 10.1. The molecule has 0 spiro atoms. The van der Waals surface area contributed by atoms with Crippen LogP contribution in [0.1, 0.15) is 16.7 Å². The lowest BCUT2D eigenvalue weighted by Crippen LogP contribution is -3.00. The highest BCUT2D eigenvalue weighted by Gasteiger charge is 2.08. The second-order valence-electron chi connectivity index (χ2n) is 5.03. The van der Waals surface area contributed by atoms with Gasteiger partial charge in [-0.3, -0.25) is 0 Å². The Morgan fingerprint density at radius 3 is 2.48 bits per heavy atom. The molecule has 2 aromatic carbocycles. The summed E-state index contributed by atoms with van der Waals surface area (Å²) in [4.78, 5) is 0. The molecule has 108 valence electrons. The lowest BCUT2D eigenvalue weighted by molar-refractivity contribution is -0.689. The summed E-state index contributed by atoms with van der Waals surface area (Å²) < 4.78 is 4.08. The number of benzene rings is 2. The summed E-state index contributed by atoms with van der Waals surface area (Å²) in [5.41, 5.74) is 3.91. The molecule has 0 amide bonds. The van der Waals surface area contributed by atoms with Gasteiger partial charge in [0.15, 0.2) is 0 Å². The van der Waals surface area contributed by atoms with Gasteiger partial charge in [0.25, 0.3) is 6.33 Å². The first-order valence-corrected chi connectivity index (χ1v) is 6.81. The van der Waals surface area contributed by atoms with Gasteiger partial charge in [0, 0.05) is 5.10 Å². The van der Waals surface area contributed by atoms with Crippen LogP contribution in [0.4, 0.5) is 0 Å². The Labute approximate surface area is 131 Å². The molecule has 0 unspecified atom stereocenters. The molecule has 3 nitrogen and oxygen atoms in total. The highest BCUT2D eigenvalue weighted by atomic mass is 35.5. The van der Waals surface area contributed by atoms with Crippen LogP contribution in [-0.4, -0.2) is 9.78 Å². The van der Waals surface area contributed by atoms with Gasteiger partial charge in [-0.2, -0.15) is 0 Å². The van der Waals surface area contributed by atoms with Crippen LogP contribution < -0.4 is 17.0 Å². The zero-order chi connectivity index (χ0) is 13.8. The molecule has 21 heavy (non-hydrogen) atoms. The molecule has 3 aromatic rings. The summed E-state index contributed by atoms with van der Waals surface area (Å²) >= 11 is 0. The summed E-state index contributed by atoms with van der Waals surface area (Å²) in [6, 6.07) is 18.8. The Morgan fingerprint density at radius 1 is 1.00 bits per heavy atom. The first kappa shape index (κ1) is 15.3. The number of halogens is 1. The van der Waals surface area contributed by atoms with Crippen LogP contribution in [0.2, 0.25) is 0 Å². The molecule has 0 saturated heterocycles. The molecule has 0 aliphatic rings. The van der Waals surface area contributed by atoms with Crippen LogP contribution in [-0.2, 0) is 13.1 Å². The Morgan fingerprint density at radius 2 is 1.71 bits per heavy atom. The molecular formula is C17H18ClN3. The summed E-state index contributed by atoms with van der Waals surface area (Å²) in [6.45, 7) is 3.81. The van der Waals surface area contributed by atoms with Gasteiger partial charge >= 0.3 is 0 Å². The molecule has 0 aliphatic heterocycles. The minimum absolute atomic E-state index is 0. The molecule has 0 atom stereocenters. The Hall–Kier alpha value is -2.13. The number of hydrogen-bond acceptors (Lipinski definition) is 1. The smallest absolute Gasteiger partial charge is 0.265 e. The van der Waals surface area contributed by atoms with E-state index in [4.69, 9.17) is 0 Å². The van der Waals surface area contributed by atoms with Gasteiger partial charge in [0.05, 0.1) is 6.54 Å². The summed E-state index contributed by atoms with van der Waals surface area (Å²) in [6.07, 6.45) is 3.94. The minimum Gasteiger partial charge on any atom is -1.00 e. The van der Waals surface area contributed by atoms with Gasteiger partial charge in [-0.1, -0.05) is 54.6 Å². The van der Waals surface area contributed by atoms with Crippen LogP contribution >= 0.6 is 0 Å². The SMILES string of the molecule is Cc1ccccc1C[n+]1cnn(Cc2ccccc2)c1.[Cl-]. The molecule has 4 heteroatoms. The summed E-state index contributed by atoms with van der Waals surface area (Å²) in [5, 5.41) is 4.42. The van der Waals surface area contributed by atoms with E-state index in [9.17, 15) is 0 Å². The van der Waals surface area contributed by atoms with E-state index in [0.717, 1.165) is 13.1 Å². The molecule has 0 fully saturated rings. The van der Waals surface area contributed by atoms with Crippen molar-refractivity contribution in [1.82, 2.24) is 9.78 Å². The van der Waals surface area contributed by atoms with Crippen molar-refractivity contribution in [3.63, 3.8) is 0 Å².